The quantitative estimate of drug-likeness (QED) is 0.254. The van der Waals surface area contributed by atoms with Gasteiger partial charge in [0.25, 0.3) is 0 Å². The van der Waals surface area contributed by atoms with E-state index in [2.05, 4.69) is 18.9 Å². The van der Waals surface area contributed by atoms with Crippen molar-refractivity contribution >= 4 is 0 Å². The predicted molar refractivity (Wildman–Crippen MR) is 65.5 cm³/mol. The molecule has 0 aliphatic heterocycles. The third-order valence-electron chi connectivity index (χ3n) is 2.79. The molecule has 0 aromatic rings. The normalized spacial score (nSPS) is 14.9. The average molecular weight is 214 g/mol. The summed E-state index contributed by atoms with van der Waals surface area (Å²) in [6.45, 7) is 5.83. The van der Waals surface area contributed by atoms with Gasteiger partial charge in [-0.3, -0.25) is 11.3 Å². The molecule has 3 nitrogen and oxygen atoms in total. The van der Waals surface area contributed by atoms with Gasteiger partial charge in [0, 0.05) is 13.2 Å². The van der Waals surface area contributed by atoms with Gasteiger partial charge in [0.2, 0.25) is 0 Å². The average Bonchev–Trinajstić information content (AvgIpc) is 2.27. The van der Waals surface area contributed by atoms with Crippen LogP contribution in [0, 0.1) is 0 Å². The van der Waals surface area contributed by atoms with E-state index < -0.39 is 0 Å². The smallest absolute Gasteiger partial charge is 0.0735 e. The van der Waals surface area contributed by atoms with E-state index in [1.165, 1.54) is 19.3 Å². The Balaban J connectivity index is 3.64. The number of ether oxygens (including phenoxy) is 1. The molecule has 2 atom stereocenters. The lowest BCUT2D eigenvalue weighted by Crippen LogP contribution is -2.44. The molecular weight excluding hydrogens is 188 g/mol. The summed E-state index contributed by atoms with van der Waals surface area (Å²) in [4.78, 5) is 0. The maximum atomic E-state index is 5.52. The number of unbranched alkanes of at least 4 members (excludes halogenated alkanes) is 3. The molecule has 0 radical (unpaired) electrons. The number of nitrogens with one attached hydrogen (secondary N) is 1. The first-order valence-corrected chi connectivity index (χ1v) is 5.89. The first kappa shape index (κ1) is 14.6. The summed E-state index contributed by atoms with van der Waals surface area (Å²) < 4.78 is 5.37. The molecule has 2 unspecified atom stereocenters. The Bertz CT molecular complexity index is 147. The molecule has 0 bridgehead atoms. The van der Waals surface area contributed by atoms with Gasteiger partial charge in [-0.25, -0.2) is 0 Å². The number of hydrogen-bond acceptors (Lipinski definition) is 3. The van der Waals surface area contributed by atoms with Gasteiger partial charge < -0.3 is 4.74 Å². The van der Waals surface area contributed by atoms with Crippen LogP contribution in [0.25, 0.3) is 0 Å². The summed E-state index contributed by atoms with van der Waals surface area (Å²) in [5, 5.41) is 0. The number of nitrogens with two attached hydrogens (primary N) is 1. The number of methoxy groups -OCH3 is 1. The van der Waals surface area contributed by atoms with Gasteiger partial charge in [-0.2, -0.15) is 0 Å². The summed E-state index contributed by atoms with van der Waals surface area (Å²) in [6, 6.07) is 0.281. The lowest BCUT2D eigenvalue weighted by molar-refractivity contribution is 0.0616. The number of hydrogen-bond donors (Lipinski definition) is 2. The third-order valence-corrected chi connectivity index (χ3v) is 2.79. The fraction of sp³-hybridized carbons (Fsp3) is 0.833. The highest BCUT2D eigenvalue weighted by Crippen LogP contribution is 2.11. The minimum Gasteiger partial charge on any atom is -0.380 e. The highest BCUT2D eigenvalue weighted by Gasteiger charge is 2.17. The van der Waals surface area contributed by atoms with Crippen LogP contribution in [0.3, 0.4) is 0 Å². The molecule has 0 aromatic heterocycles. The number of rotatable bonds is 10. The SMILES string of the molecule is C=CCCCCCC(NN)C(CC)OC. The van der Waals surface area contributed by atoms with Crippen molar-refractivity contribution in [2.75, 3.05) is 7.11 Å². The largest absolute Gasteiger partial charge is 0.380 e. The second-order valence-electron chi connectivity index (χ2n) is 3.88. The third kappa shape index (κ3) is 6.66. The predicted octanol–water partition coefficient (Wildman–Crippen LogP) is 2.38. The molecule has 0 amide bonds. The van der Waals surface area contributed by atoms with Crippen LogP contribution in [0.4, 0.5) is 0 Å². The Labute approximate surface area is 94.0 Å². The van der Waals surface area contributed by atoms with Crippen molar-refractivity contribution in [2.45, 2.75) is 57.6 Å². The van der Waals surface area contributed by atoms with Gasteiger partial charge in [0.05, 0.1) is 6.10 Å². The van der Waals surface area contributed by atoms with Gasteiger partial charge in [0.1, 0.15) is 0 Å². The molecule has 0 saturated carbocycles. The zero-order chi connectivity index (χ0) is 11.5. The highest BCUT2D eigenvalue weighted by molar-refractivity contribution is 4.74. The highest BCUT2D eigenvalue weighted by atomic mass is 16.5. The van der Waals surface area contributed by atoms with Gasteiger partial charge >= 0.3 is 0 Å². The summed E-state index contributed by atoms with van der Waals surface area (Å²) in [5.41, 5.74) is 2.85. The molecule has 15 heavy (non-hydrogen) atoms. The molecule has 0 spiro atoms. The van der Waals surface area contributed by atoms with E-state index in [0.717, 1.165) is 19.3 Å². The minimum absolute atomic E-state index is 0.231. The van der Waals surface area contributed by atoms with Crippen LogP contribution in [0.15, 0.2) is 12.7 Å². The lowest BCUT2D eigenvalue weighted by atomic mass is 10.0. The molecule has 0 heterocycles. The Hall–Kier alpha value is -0.380. The van der Waals surface area contributed by atoms with Crippen molar-refractivity contribution < 1.29 is 4.74 Å². The van der Waals surface area contributed by atoms with Crippen molar-refractivity contribution in [1.29, 1.82) is 0 Å². The fourth-order valence-corrected chi connectivity index (χ4v) is 1.82. The van der Waals surface area contributed by atoms with Crippen LogP contribution in [-0.2, 0) is 4.74 Å². The molecule has 90 valence electrons. The summed E-state index contributed by atoms with van der Waals surface area (Å²) in [5.74, 6) is 5.52. The minimum atomic E-state index is 0.231. The number of hydrazine groups is 1. The van der Waals surface area contributed by atoms with Gasteiger partial charge in [-0.1, -0.05) is 25.8 Å². The molecule has 0 aliphatic rings. The monoisotopic (exact) mass is 214 g/mol. The Morgan fingerprint density at radius 3 is 2.60 bits per heavy atom. The molecule has 0 aromatic carbocycles. The van der Waals surface area contributed by atoms with E-state index >= 15 is 0 Å². The van der Waals surface area contributed by atoms with E-state index in [0.29, 0.717) is 0 Å². The van der Waals surface area contributed by atoms with Crippen molar-refractivity contribution in [3.8, 4) is 0 Å². The second-order valence-corrected chi connectivity index (χ2v) is 3.88. The summed E-state index contributed by atoms with van der Waals surface area (Å²) >= 11 is 0. The fourth-order valence-electron chi connectivity index (χ4n) is 1.82. The van der Waals surface area contributed by atoms with Crippen molar-refractivity contribution in [3.05, 3.63) is 12.7 Å². The lowest BCUT2D eigenvalue weighted by Gasteiger charge is -2.24. The molecular formula is C12H26N2O. The van der Waals surface area contributed by atoms with Crippen LogP contribution in [0.5, 0.6) is 0 Å². The zero-order valence-electron chi connectivity index (χ0n) is 10.2. The standard InChI is InChI=1S/C12H26N2O/c1-4-6-7-8-9-10-11(14-13)12(5-2)15-3/h4,11-12,14H,1,5-10,13H2,2-3H3. The van der Waals surface area contributed by atoms with E-state index in [4.69, 9.17) is 10.6 Å². The first-order chi connectivity index (χ1) is 7.29. The van der Waals surface area contributed by atoms with Crippen LogP contribution < -0.4 is 11.3 Å². The van der Waals surface area contributed by atoms with Gasteiger partial charge in [0.15, 0.2) is 0 Å². The Kier molecular flexibility index (Phi) is 9.89. The molecule has 3 N–H and O–H groups in total. The molecule has 0 fully saturated rings. The van der Waals surface area contributed by atoms with Crippen molar-refractivity contribution in [3.63, 3.8) is 0 Å². The maximum Gasteiger partial charge on any atom is 0.0735 e. The molecule has 0 rings (SSSR count). The Morgan fingerprint density at radius 1 is 1.40 bits per heavy atom. The Morgan fingerprint density at radius 2 is 2.13 bits per heavy atom. The van der Waals surface area contributed by atoms with E-state index in [-0.39, 0.29) is 12.1 Å². The molecule has 0 aliphatic carbocycles. The van der Waals surface area contributed by atoms with Crippen LogP contribution in [0.2, 0.25) is 0 Å². The van der Waals surface area contributed by atoms with Crippen molar-refractivity contribution in [2.24, 2.45) is 5.84 Å². The van der Waals surface area contributed by atoms with E-state index in [1.807, 2.05) is 6.08 Å². The summed E-state index contributed by atoms with van der Waals surface area (Å²) in [7, 11) is 1.75. The summed E-state index contributed by atoms with van der Waals surface area (Å²) in [6.07, 6.45) is 9.06. The maximum absolute atomic E-state index is 5.52. The molecule has 0 saturated heterocycles. The zero-order valence-corrected chi connectivity index (χ0v) is 10.2. The molecule has 3 heteroatoms. The first-order valence-electron chi connectivity index (χ1n) is 5.89. The van der Waals surface area contributed by atoms with Crippen LogP contribution in [-0.4, -0.2) is 19.3 Å². The van der Waals surface area contributed by atoms with E-state index in [9.17, 15) is 0 Å². The van der Waals surface area contributed by atoms with Gasteiger partial charge in [-0.15, -0.1) is 6.58 Å². The second kappa shape index (κ2) is 10.1. The van der Waals surface area contributed by atoms with Crippen LogP contribution in [0.1, 0.15) is 45.4 Å². The number of allylic oxidation sites excluding steroid dienone is 1. The van der Waals surface area contributed by atoms with Gasteiger partial charge in [-0.05, 0) is 25.7 Å². The van der Waals surface area contributed by atoms with Crippen LogP contribution >= 0.6 is 0 Å². The van der Waals surface area contributed by atoms with Crippen molar-refractivity contribution in [1.82, 2.24) is 5.43 Å². The topological polar surface area (TPSA) is 47.3 Å². The van der Waals surface area contributed by atoms with E-state index in [1.54, 1.807) is 7.11 Å².